The maximum Gasteiger partial charge on any atom is 0.186 e. The van der Waals surface area contributed by atoms with Crippen molar-refractivity contribution in [1.29, 1.82) is 0 Å². The van der Waals surface area contributed by atoms with Crippen LogP contribution in [-0.4, -0.2) is 30.2 Å². The number of aromatic nitrogens is 1. The van der Waals surface area contributed by atoms with Crippen LogP contribution in [0.5, 0.6) is 5.75 Å². The zero-order chi connectivity index (χ0) is 13.4. The maximum absolute atomic E-state index is 5.95. The van der Waals surface area contributed by atoms with Crippen LogP contribution in [0.4, 0.5) is 5.13 Å². The molecule has 0 aliphatic carbocycles. The minimum absolute atomic E-state index is 0.196. The van der Waals surface area contributed by atoms with Gasteiger partial charge in [-0.05, 0) is 38.5 Å². The summed E-state index contributed by atoms with van der Waals surface area (Å²) in [5.74, 6) is 0.913. The number of hydrogen-bond acceptors (Lipinski definition) is 5. The Bertz CT molecular complexity index is 581. The Labute approximate surface area is 117 Å². The SMILES string of the molecule is CC(C)Oc1ccc2nc(N3CCC(N)C3)sc2c1. The van der Waals surface area contributed by atoms with Crippen molar-refractivity contribution in [2.45, 2.75) is 32.4 Å². The molecule has 2 aromatic rings. The second-order valence-corrected chi connectivity index (χ2v) is 6.30. The van der Waals surface area contributed by atoms with Crippen LogP contribution in [0, 0.1) is 0 Å². The second-order valence-electron chi connectivity index (χ2n) is 5.29. The fourth-order valence-electron chi connectivity index (χ4n) is 2.33. The van der Waals surface area contributed by atoms with Crippen molar-refractivity contribution in [3.63, 3.8) is 0 Å². The maximum atomic E-state index is 5.95. The molecule has 0 spiro atoms. The molecule has 1 fully saturated rings. The van der Waals surface area contributed by atoms with Crippen molar-refractivity contribution < 1.29 is 4.74 Å². The van der Waals surface area contributed by atoms with Crippen LogP contribution in [-0.2, 0) is 0 Å². The third kappa shape index (κ3) is 2.67. The molecule has 1 atom stereocenters. The summed E-state index contributed by atoms with van der Waals surface area (Å²) in [6.45, 7) is 5.99. The Morgan fingerprint density at radius 3 is 3.00 bits per heavy atom. The highest BCUT2D eigenvalue weighted by molar-refractivity contribution is 7.22. The van der Waals surface area contributed by atoms with Crippen LogP contribution in [0.15, 0.2) is 18.2 Å². The molecule has 0 radical (unpaired) electrons. The van der Waals surface area contributed by atoms with Crippen molar-refractivity contribution in [1.82, 2.24) is 4.98 Å². The van der Waals surface area contributed by atoms with E-state index in [1.165, 1.54) is 4.70 Å². The average molecular weight is 277 g/mol. The lowest BCUT2D eigenvalue weighted by atomic mass is 10.3. The summed E-state index contributed by atoms with van der Waals surface area (Å²) in [5.41, 5.74) is 6.99. The molecule has 1 saturated heterocycles. The fourth-order valence-corrected chi connectivity index (χ4v) is 3.36. The molecule has 4 nitrogen and oxygen atoms in total. The van der Waals surface area contributed by atoms with E-state index in [0.717, 1.165) is 35.9 Å². The molecule has 2 heterocycles. The zero-order valence-electron chi connectivity index (χ0n) is 11.3. The molecule has 102 valence electrons. The fraction of sp³-hybridized carbons (Fsp3) is 0.500. The molecule has 1 unspecified atom stereocenters. The van der Waals surface area contributed by atoms with E-state index in [1.807, 2.05) is 26.0 Å². The van der Waals surface area contributed by atoms with E-state index in [9.17, 15) is 0 Å². The number of thiazole rings is 1. The van der Waals surface area contributed by atoms with Crippen molar-refractivity contribution in [3.05, 3.63) is 18.2 Å². The smallest absolute Gasteiger partial charge is 0.186 e. The number of rotatable bonds is 3. The molecule has 2 N–H and O–H groups in total. The van der Waals surface area contributed by atoms with Crippen molar-refractivity contribution in [2.24, 2.45) is 5.73 Å². The summed E-state index contributed by atoms with van der Waals surface area (Å²) in [5, 5.41) is 1.07. The van der Waals surface area contributed by atoms with Crippen LogP contribution in [0.3, 0.4) is 0 Å². The van der Waals surface area contributed by atoms with Gasteiger partial charge in [-0.2, -0.15) is 0 Å². The zero-order valence-corrected chi connectivity index (χ0v) is 12.1. The van der Waals surface area contributed by atoms with E-state index >= 15 is 0 Å². The first-order valence-corrected chi connectivity index (χ1v) is 7.51. The minimum atomic E-state index is 0.196. The molecule has 0 saturated carbocycles. The Kier molecular flexibility index (Phi) is 3.33. The number of benzene rings is 1. The predicted octanol–water partition coefficient (Wildman–Crippen LogP) is 2.62. The first-order chi connectivity index (χ1) is 9.11. The molecule has 0 amide bonds. The van der Waals surface area contributed by atoms with Crippen molar-refractivity contribution >= 4 is 26.7 Å². The molecule has 5 heteroatoms. The third-order valence-corrected chi connectivity index (χ3v) is 4.29. The summed E-state index contributed by atoms with van der Waals surface area (Å²) in [6, 6.07) is 6.38. The monoisotopic (exact) mass is 277 g/mol. The van der Waals surface area contributed by atoms with Gasteiger partial charge in [-0.15, -0.1) is 0 Å². The van der Waals surface area contributed by atoms with E-state index in [4.69, 9.17) is 10.5 Å². The lowest BCUT2D eigenvalue weighted by Gasteiger charge is -2.12. The van der Waals surface area contributed by atoms with Gasteiger partial charge in [-0.25, -0.2) is 4.98 Å². The Hall–Kier alpha value is -1.33. The predicted molar refractivity (Wildman–Crippen MR) is 80.2 cm³/mol. The topological polar surface area (TPSA) is 51.4 Å². The summed E-state index contributed by atoms with van der Waals surface area (Å²) >= 11 is 1.72. The molecule has 1 aromatic heterocycles. The van der Waals surface area contributed by atoms with Gasteiger partial charge in [-0.3, -0.25) is 0 Å². The molecule has 0 bridgehead atoms. The highest BCUT2D eigenvalue weighted by atomic mass is 32.1. The number of nitrogens with zero attached hydrogens (tertiary/aromatic N) is 2. The van der Waals surface area contributed by atoms with Crippen LogP contribution < -0.4 is 15.4 Å². The summed E-state index contributed by atoms with van der Waals surface area (Å²) < 4.78 is 6.89. The molecule has 19 heavy (non-hydrogen) atoms. The Morgan fingerprint density at radius 1 is 1.47 bits per heavy atom. The van der Waals surface area contributed by atoms with Crippen LogP contribution in [0.25, 0.3) is 10.2 Å². The third-order valence-electron chi connectivity index (χ3n) is 3.22. The van der Waals surface area contributed by atoms with Gasteiger partial charge in [0, 0.05) is 19.1 Å². The molecule has 1 aromatic carbocycles. The standard InChI is InChI=1S/C14H19N3OS/c1-9(2)18-11-3-4-12-13(7-11)19-14(16-12)17-6-5-10(15)8-17/h3-4,7,9-10H,5-6,8,15H2,1-2H3. The number of ether oxygens (including phenoxy) is 1. The summed E-state index contributed by atoms with van der Waals surface area (Å²) in [7, 11) is 0. The van der Waals surface area contributed by atoms with Gasteiger partial charge in [0.05, 0.1) is 16.3 Å². The number of nitrogens with two attached hydrogens (primary N) is 1. The Morgan fingerprint density at radius 2 is 2.32 bits per heavy atom. The van der Waals surface area contributed by atoms with E-state index in [-0.39, 0.29) is 12.1 Å². The van der Waals surface area contributed by atoms with Crippen LogP contribution in [0.2, 0.25) is 0 Å². The van der Waals surface area contributed by atoms with Crippen LogP contribution >= 0.6 is 11.3 Å². The van der Waals surface area contributed by atoms with Gasteiger partial charge in [0.2, 0.25) is 0 Å². The minimum Gasteiger partial charge on any atom is -0.491 e. The summed E-state index contributed by atoms with van der Waals surface area (Å²) in [6.07, 6.45) is 1.25. The first kappa shape index (κ1) is 12.7. The lowest BCUT2D eigenvalue weighted by molar-refractivity contribution is 0.243. The summed E-state index contributed by atoms with van der Waals surface area (Å²) in [4.78, 5) is 6.96. The quantitative estimate of drug-likeness (QED) is 0.937. The van der Waals surface area contributed by atoms with Gasteiger partial charge in [0.15, 0.2) is 5.13 Å². The molecule has 1 aliphatic rings. The van der Waals surface area contributed by atoms with E-state index < -0.39 is 0 Å². The lowest BCUT2D eigenvalue weighted by Crippen LogP contribution is -2.26. The Balaban J connectivity index is 1.88. The van der Waals surface area contributed by atoms with E-state index in [1.54, 1.807) is 11.3 Å². The van der Waals surface area contributed by atoms with Gasteiger partial charge in [0.25, 0.3) is 0 Å². The molecular formula is C14H19N3OS. The molecular weight excluding hydrogens is 258 g/mol. The normalized spacial score (nSPS) is 19.6. The van der Waals surface area contributed by atoms with E-state index in [2.05, 4.69) is 16.0 Å². The van der Waals surface area contributed by atoms with Gasteiger partial charge in [0.1, 0.15) is 5.75 Å². The van der Waals surface area contributed by atoms with Crippen molar-refractivity contribution in [3.8, 4) is 5.75 Å². The second kappa shape index (κ2) is 4.98. The number of anilines is 1. The highest BCUT2D eigenvalue weighted by Crippen LogP contribution is 2.33. The molecule has 3 rings (SSSR count). The van der Waals surface area contributed by atoms with Crippen LogP contribution in [0.1, 0.15) is 20.3 Å². The highest BCUT2D eigenvalue weighted by Gasteiger charge is 2.22. The molecule has 1 aliphatic heterocycles. The van der Waals surface area contributed by atoms with Gasteiger partial charge >= 0.3 is 0 Å². The number of hydrogen-bond donors (Lipinski definition) is 1. The van der Waals surface area contributed by atoms with Crippen molar-refractivity contribution in [2.75, 3.05) is 18.0 Å². The average Bonchev–Trinajstić information content (AvgIpc) is 2.93. The van der Waals surface area contributed by atoms with E-state index in [0.29, 0.717) is 0 Å². The number of fused-ring (bicyclic) bond motifs is 1. The van der Waals surface area contributed by atoms with Gasteiger partial charge in [-0.1, -0.05) is 11.3 Å². The largest absolute Gasteiger partial charge is 0.491 e. The first-order valence-electron chi connectivity index (χ1n) is 6.69. The van der Waals surface area contributed by atoms with Gasteiger partial charge < -0.3 is 15.4 Å².